The van der Waals surface area contributed by atoms with Gasteiger partial charge in [-0.3, -0.25) is 5.84 Å². The van der Waals surface area contributed by atoms with Crippen LogP contribution >= 0.6 is 11.6 Å². The highest BCUT2D eigenvalue weighted by Crippen LogP contribution is 2.22. The van der Waals surface area contributed by atoms with E-state index in [1.165, 1.54) is 18.2 Å². The minimum atomic E-state index is -0.333. The lowest BCUT2D eigenvalue weighted by atomic mass is 10.1. The van der Waals surface area contributed by atoms with Gasteiger partial charge in [-0.1, -0.05) is 11.6 Å². The van der Waals surface area contributed by atoms with Crippen LogP contribution in [0.2, 0.25) is 5.02 Å². The number of aromatic nitrogens is 2. The SMILES string of the molecule is Cc1cnc(C(Cc2cc(F)ccc2Cl)NN)nc1. The molecule has 1 unspecified atom stereocenters. The number of hydrogen-bond acceptors (Lipinski definition) is 4. The molecule has 0 saturated carbocycles. The van der Waals surface area contributed by atoms with Crippen LogP contribution in [0.5, 0.6) is 0 Å². The van der Waals surface area contributed by atoms with Crippen molar-refractivity contribution in [3.8, 4) is 0 Å². The van der Waals surface area contributed by atoms with Crippen LogP contribution in [0.1, 0.15) is 23.0 Å². The number of rotatable bonds is 4. The minimum Gasteiger partial charge on any atom is -0.271 e. The van der Waals surface area contributed by atoms with E-state index in [2.05, 4.69) is 15.4 Å². The Balaban J connectivity index is 2.23. The van der Waals surface area contributed by atoms with E-state index in [4.69, 9.17) is 17.4 Å². The summed E-state index contributed by atoms with van der Waals surface area (Å²) in [6.45, 7) is 1.90. The maximum absolute atomic E-state index is 13.2. The van der Waals surface area contributed by atoms with E-state index in [-0.39, 0.29) is 11.9 Å². The van der Waals surface area contributed by atoms with Gasteiger partial charge in [-0.2, -0.15) is 0 Å². The van der Waals surface area contributed by atoms with Gasteiger partial charge >= 0.3 is 0 Å². The number of aryl methyl sites for hydroxylation is 1. The summed E-state index contributed by atoms with van der Waals surface area (Å²) in [5, 5.41) is 0.494. The molecule has 100 valence electrons. The zero-order valence-corrected chi connectivity index (χ0v) is 11.2. The quantitative estimate of drug-likeness (QED) is 0.666. The molecule has 1 aromatic carbocycles. The molecule has 4 nitrogen and oxygen atoms in total. The Morgan fingerprint density at radius 1 is 1.37 bits per heavy atom. The summed E-state index contributed by atoms with van der Waals surface area (Å²) in [6, 6.07) is 3.91. The third kappa shape index (κ3) is 3.47. The summed E-state index contributed by atoms with van der Waals surface area (Å²) in [6.07, 6.45) is 3.83. The Hall–Kier alpha value is -1.56. The molecule has 0 bridgehead atoms. The number of hydrogen-bond donors (Lipinski definition) is 2. The van der Waals surface area contributed by atoms with E-state index < -0.39 is 0 Å². The fraction of sp³-hybridized carbons (Fsp3) is 0.231. The molecule has 3 N–H and O–H groups in total. The first-order valence-electron chi connectivity index (χ1n) is 5.78. The van der Waals surface area contributed by atoms with Gasteiger partial charge in [0.25, 0.3) is 0 Å². The predicted octanol–water partition coefficient (Wildman–Crippen LogP) is 2.32. The van der Waals surface area contributed by atoms with Gasteiger partial charge in [0, 0.05) is 17.4 Å². The van der Waals surface area contributed by atoms with E-state index in [0.29, 0.717) is 22.8 Å². The molecular formula is C13H14ClFN4. The first-order valence-corrected chi connectivity index (χ1v) is 6.16. The lowest BCUT2D eigenvalue weighted by Crippen LogP contribution is -2.31. The van der Waals surface area contributed by atoms with Crippen molar-refractivity contribution in [3.63, 3.8) is 0 Å². The highest BCUT2D eigenvalue weighted by atomic mass is 35.5. The molecule has 2 rings (SSSR count). The van der Waals surface area contributed by atoms with Crippen molar-refractivity contribution in [2.45, 2.75) is 19.4 Å². The highest BCUT2D eigenvalue weighted by molar-refractivity contribution is 6.31. The molecule has 6 heteroatoms. The summed E-state index contributed by atoms with van der Waals surface area (Å²) in [7, 11) is 0. The molecule has 0 aliphatic carbocycles. The van der Waals surface area contributed by atoms with Gasteiger partial charge < -0.3 is 0 Å². The molecule has 0 fully saturated rings. The van der Waals surface area contributed by atoms with E-state index in [9.17, 15) is 4.39 Å². The zero-order chi connectivity index (χ0) is 13.8. The Morgan fingerprint density at radius 2 is 2.05 bits per heavy atom. The summed E-state index contributed by atoms with van der Waals surface area (Å²) >= 11 is 6.03. The number of benzene rings is 1. The molecular weight excluding hydrogens is 267 g/mol. The van der Waals surface area contributed by atoms with Crippen LogP contribution in [0.15, 0.2) is 30.6 Å². The van der Waals surface area contributed by atoms with Crippen molar-refractivity contribution in [1.29, 1.82) is 0 Å². The lowest BCUT2D eigenvalue weighted by Gasteiger charge is -2.15. The average Bonchev–Trinajstić information content (AvgIpc) is 2.41. The molecule has 1 atom stereocenters. The Kier molecular flexibility index (Phi) is 4.42. The molecule has 1 aromatic heterocycles. The van der Waals surface area contributed by atoms with Gasteiger partial charge in [-0.15, -0.1) is 0 Å². The molecule has 1 heterocycles. The van der Waals surface area contributed by atoms with Crippen molar-refractivity contribution < 1.29 is 4.39 Å². The first kappa shape index (κ1) is 13.9. The van der Waals surface area contributed by atoms with Crippen LogP contribution in [0.25, 0.3) is 0 Å². The fourth-order valence-corrected chi connectivity index (χ4v) is 1.92. The van der Waals surface area contributed by atoms with Gasteiger partial charge in [0.15, 0.2) is 0 Å². The number of hydrazine groups is 1. The number of nitrogens with one attached hydrogen (secondary N) is 1. The van der Waals surface area contributed by atoms with Crippen molar-refractivity contribution in [2.24, 2.45) is 5.84 Å². The molecule has 0 aliphatic heterocycles. The molecule has 0 saturated heterocycles. The third-order valence-corrected chi connectivity index (χ3v) is 3.11. The number of nitrogens with zero attached hydrogens (tertiary/aromatic N) is 2. The molecule has 19 heavy (non-hydrogen) atoms. The van der Waals surface area contributed by atoms with Gasteiger partial charge in [-0.05, 0) is 42.7 Å². The van der Waals surface area contributed by atoms with E-state index >= 15 is 0 Å². The normalized spacial score (nSPS) is 12.4. The van der Waals surface area contributed by atoms with Crippen LogP contribution < -0.4 is 11.3 Å². The van der Waals surface area contributed by atoms with Crippen molar-refractivity contribution in [3.05, 3.63) is 58.4 Å². The topological polar surface area (TPSA) is 63.8 Å². The standard InChI is InChI=1S/C13H14ClFN4/c1-8-6-17-13(18-7-8)12(19-16)5-9-4-10(15)2-3-11(9)14/h2-4,6-7,12,19H,5,16H2,1H3. The molecule has 2 aromatic rings. The van der Waals surface area contributed by atoms with E-state index in [0.717, 1.165) is 5.56 Å². The van der Waals surface area contributed by atoms with Gasteiger partial charge in [0.1, 0.15) is 11.6 Å². The molecule has 0 spiro atoms. The van der Waals surface area contributed by atoms with Crippen LogP contribution in [0.3, 0.4) is 0 Å². The second kappa shape index (κ2) is 6.06. The Labute approximate surface area is 115 Å². The summed E-state index contributed by atoms with van der Waals surface area (Å²) in [5.74, 6) is 5.73. The maximum atomic E-state index is 13.2. The largest absolute Gasteiger partial charge is 0.271 e. The van der Waals surface area contributed by atoms with E-state index in [1.54, 1.807) is 12.4 Å². The molecule has 0 aliphatic rings. The highest BCUT2D eigenvalue weighted by Gasteiger charge is 2.15. The minimum absolute atomic E-state index is 0.320. The van der Waals surface area contributed by atoms with Crippen LogP contribution in [0.4, 0.5) is 4.39 Å². The first-order chi connectivity index (χ1) is 9.10. The number of halogens is 2. The molecule has 0 radical (unpaired) electrons. The third-order valence-electron chi connectivity index (χ3n) is 2.75. The van der Waals surface area contributed by atoms with Crippen molar-refractivity contribution >= 4 is 11.6 Å². The van der Waals surface area contributed by atoms with Gasteiger partial charge in [0.2, 0.25) is 0 Å². The zero-order valence-electron chi connectivity index (χ0n) is 10.4. The second-order valence-corrected chi connectivity index (χ2v) is 4.68. The monoisotopic (exact) mass is 280 g/mol. The Morgan fingerprint density at radius 3 is 2.68 bits per heavy atom. The van der Waals surface area contributed by atoms with Crippen molar-refractivity contribution in [1.82, 2.24) is 15.4 Å². The summed E-state index contributed by atoms with van der Waals surface area (Å²) in [4.78, 5) is 8.41. The van der Waals surface area contributed by atoms with Gasteiger partial charge in [-0.25, -0.2) is 19.8 Å². The second-order valence-electron chi connectivity index (χ2n) is 4.28. The van der Waals surface area contributed by atoms with E-state index in [1.807, 2.05) is 6.92 Å². The van der Waals surface area contributed by atoms with Crippen LogP contribution in [0, 0.1) is 12.7 Å². The maximum Gasteiger partial charge on any atom is 0.146 e. The number of nitrogens with two attached hydrogens (primary N) is 1. The fourth-order valence-electron chi connectivity index (χ4n) is 1.73. The smallest absolute Gasteiger partial charge is 0.146 e. The van der Waals surface area contributed by atoms with Crippen molar-refractivity contribution in [2.75, 3.05) is 0 Å². The Bertz CT molecular complexity index is 559. The summed E-state index contributed by atoms with van der Waals surface area (Å²) < 4.78 is 13.2. The summed E-state index contributed by atoms with van der Waals surface area (Å²) in [5.41, 5.74) is 4.25. The predicted molar refractivity (Wildman–Crippen MR) is 71.9 cm³/mol. The van der Waals surface area contributed by atoms with Crippen LogP contribution in [-0.2, 0) is 6.42 Å². The average molecular weight is 281 g/mol. The van der Waals surface area contributed by atoms with Gasteiger partial charge in [0.05, 0.1) is 6.04 Å². The van der Waals surface area contributed by atoms with Crippen LogP contribution in [-0.4, -0.2) is 9.97 Å². The molecule has 0 amide bonds. The lowest BCUT2D eigenvalue weighted by molar-refractivity contribution is 0.520.